The van der Waals surface area contributed by atoms with Crippen LogP contribution in [0.3, 0.4) is 0 Å². The zero-order valence-corrected chi connectivity index (χ0v) is 10.1. The molecule has 2 rings (SSSR count). The summed E-state index contributed by atoms with van der Waals surface area (Å²) in [6.07, 6.45) is -0.656. The zero-order valence-electron chi connectivity index (χ0n) is 10.1. The van der Waals surface area contributed by atoms with Crippen LogP contribution in [-0.4, -0.2) is 43.9 Å². The summed E-state index contributed by atoms with van der Waals surface area (Å²) in [5.41, 5.74) is 0.489. The number of amides is 1. The van der Waals surface area contributed by atoms with Crippen molar-refractivity contribution in [1.82, 2.24) is 25.5 Å². The molecule has 0 fully saturated rings. The topological polar surface area (TPSA) is 92.9 Å². The number of rotatable bonds is 4. The summed E-state index contributed by atoms with van der Waals surface area (Å²) in [7, 11) is 0. The lowest BCUT2D eigenvalue weighted by molar-refractivity contribution is 0.0913. The number of aliphatic hydroxyl groups excluding tert-OH is 1. The highest BCUT2D eigenvalue weighted by Crippen LogP contribution is 2.05. The number of nitrogens with one attached hydrogen (secondary N) is 1. The Morgan fingerprint density at radius 2 is 2.16 bits per heavy atom. The van der Waals surface area contributed by atoms with Gasteiger partial charge in [-0.3, -0.25) is 4.79 Å². The summed E-state index contributed by atoms with van der Waals surface area (Å²) in [6, 6.07) is 5.45. The fourth-order valence-corrected chi connectivity index (χ4v) is 1.31. The summed E-state index contributed by atoms with van der Waals surface area (Å²) in [5, 5.41) is 22.6. The SMILES string of the molecule is CC(O)CNC(=O)c1nnn(-c2ccc(F)cc2)n1. The maximum absolute atomic E-state index is 12.8. The quantitative estimate of drug-likeness (QED) is 0.806. The number of aromatic nitrogens is 4. The molecule has 7 nitrogen and oxygen atoms in total. The largest absolute Gasteiger partial charge is 0.392 e. The first-order chi connectivity index (χ1) is 9.06. The standard InChI is InChI=1S/C11H12FN5O2/c1-7(18)6-13-11(19)10-14-16-17(15-10)9-4-2-8(12)3-5-9/h2-5,7,18H,6H2,1H3,(H,13,19). The van der Waals surface area contributed by atoms with Crippen molar-refractivity contribution < 1.29 is 14.3 Å². The van der Waals surface area contributed by atoms with Crippen LogP contribution in [0.25, 0.3) is 5.69 Å². The van der Waals surface area contributed by atoms with E-state index in [9.17, 15) is 9.18 Å². The Hall–Kier alpha value is -2.35. The summed E-state index contributed by atoms with van der Waals surface area (Å²) >= 11 is 0. The van der Waals surface area contributed by atoms with Crippen LogP contribution in [0.2, 0.25) is 0 Å². The minimum absolute atomic E-state index is 0.101. The Bertz CT molecular complexity index is 567. The van der Waals surface area contributed by atoms with Crippen LogP contribution in [-0.2, 0) is 0 Å². The van der Waals surface area contributed by atoms with Gasteiger partial charge in [0.05, 0.1) is 11.8 Å². The Balaban J connectivity index is 2.10. The van der Waals surface area contributed by atoms with Gasteiger partial charge >= 0.3 is 0 Å². The molecule has 0 radical (unpaired) electrons. The second-order valence-corrected chi connectivity index (χ2v) is 3.94. The van der Waals surface area contributed by atoms with Crippen molar-refractivity contribution in [3.63, 3.8) is 0 Å². The van der Waals surface area contributed by atoms with Crippen molar-refractivity contribution in [3.05, 3.63) is 35.9 Å². The molecule has 1 amide bonds. The van der Waals surface area contributed by atoms with Gasteiger partial charge < -0.3 is 10.4 Å². The summed E-state index contributed by atoms with van der Waals surface area (Å²) < 4.78 is 12.8. The summed E-state index contributed by atoms with van der Waals surface area (Å²) in [4.78, 5) is 12.7. The van der Waals surface area contributed by atoms with Crippen molar-refractivity contribution in [2.45, 2.75) is 13.0 Å². The van der Waals surface area contributed by atoms with Gasteiger partial charge in [0.2, 0.25) is 0 Å². The molecule has 1 aromatic carbocycles. The minimum Gasteiger partial charge on any atom is -0.392 e. The lowest BCUT2D eigenvalue weighted by Crippen LogP contribution is -2.31. The molecule has 8 heteroatoms. The molecule has 0 aliphatic carbocycles. The lowest BCUT2D eigenvalue weighted by atomic mass is 10.3. The normalized spacial score (nSPS) is 12.2. The van der Waals surface area contributed by atoms with E-state index in [0.29, 0.717) is 5.69 Å². The molecule has 0 saturated carbocycles. The predicted molar refractivity (Wildman–Crippen MR) is 63.1 cm³/mol. The van der Waals surface area contributed by atoms with E-state index in [-0.39, 0.29) is 18.2 Å². The number of nitrogens with zero attached hydrogens (tertiary/aromatic N) is 4. The number of hydrogen-bond acceptors (Lipinski definition) is 5. The number of aliphatic hydroxyl groups is 1. The van der Waals surface area contributed by atoms with Gasteiger partial charge in [-0.15, -0.1) is 15.0 Å². The molecule has 0 aliphatic rings. The van der Waals surface area contributed by atoms with Gasteiger partial charge in [-0.05, 0) is 36.4 Å². The monoisotopic (exact) mass is 265 g/mol. The van der Waals surface area contributed by atoms with Crippen LogP contribution in [0.1, 0.15) is 17.5 Å². The van der Waals surface area contributed by atoms with E-state index in [1.165, 1.54) is 24.3 Å². The zero-order chi connectivity index (χ0) is 13.8. The van der Waals surface area contributed by atoms with Crippen LogP contribution in [0, 0.1) is 5.82 Å². The lowest BCUT2D eigenvalue weighted by Gasteiger charge is -2.03. The van der Waals surface area contributed by atoms with Crippen LogP contribution in [0.4, 0.5) is 4.39 Å². The number of hydrogen-bond donors (Lipinski definition) is 2. The maximum atomic E-state index is 12.8. The summed E-state index contributed by atoms with van der Waals surface area (Å²) in [5.74, 6) is -1.03. The molecular weight excluding hydrogens is 253 g/mol. The van der Waals surface area contributed by atoms with Gasteiger partial charge in [0.1, 0.15) is 5.82 Å². The average Bonchev–Trinajstić information content (AvgIpc) is 2.86. The Morgan fingerprint density at radius 3 is 2.79 bits per heavy atom. The van der Waals surface area contributed by atoms with Gasteiger partial charge in [-0.25, -0.2) is 4.39 Å². The number of tetrazole rings is 1. The predicted octanol–water partition coefficient (Wildman–Crippen LogP) is -0.0880. The first-order valence-electron chi connectivity index (χ1n) is 5.58. The molecule has 100 valence electrons. The van der Waals surface area contributed by atoms with Crippen LogP contribution in [0.5, 0.6) is 0 Å². The van der Waals surface area contributed by atoms with Crippen molar-refractivity contribution in [2.24, 2.45) is 0 Å². The van der Waals surface area contributed by atoms with E-state index in [1.807, 2.05) is 0 Å². The molecular formula is C11H12FN5O2. The van der Waals surface area contributed by atoms with E-state index in [4.69, 9.17) is 5.11 Å². The Labute approximate surface area is 108 Å². The van der Waals surface area contributed by atoms with Gasteiger partial charge in [0, 0.05) is 6.54 Å². The number of carbonyl (C=O) groups is 1. The van der Waals surface area contributed by atoms with E-state index >= 15 is 0 Å². The minimum atomic E-state index is -0.656. The molecule has 1 heterocycles. The molecule has 1 unspecified atom stereocenters. The first-order valence-corrected chi connectivity index (χ1v) is 5.58. The molecule has 1 aromatic heterocycles. The molecule has 2 N–H and O–H groups in total. The fraction of sp³-hybridized carbons (Fsp3) is 0.273. The van der Waals surface area contributed by atoms with Gasteiger partial charge in [-0.2, -0.15) is 0 Å². The van der Waals surface area contributed by atoms with Crippen molar-refractivity contribution in [2.75, 3.05) is 6.54 Å². The highest BCUT2D eigenvalue weighted by Gasteiger charge is 2.13. The van der Waals surface area contributed by atoms with Crippen molar-refractivity contribution in [3.8, 4) is 5.69 Å². The molecule has 0 saturated heterocycles. The van der Waals surface area contributed by atoms with Crippen molar-refractivity contribution >= 4 is 5.91 Å². The van der Waals surface area contributed by atoms with E-state index in [0.717, 1.165) is 4.80 Å². The third-order valence-electron chi connectivity index (χ3n) is 2.23. The van der Waals surface area contributed by atoms with Gasteiger partial charge in [-0.1, -0.05) is 0 Å². The maximum Gasteiger partial charge on any atom is 0.293 e. The van der Waals surface area contributed by atoms with Gasteiger partial charge in [0.15, 0.2) is 0 Å². The highest BCUT2D eigenvalue weighted by molar-refractivity contribution is 5.90. The molecule has 0 bridgehead atoms. The first kappa shape index (κ1) is 13.1. The molecule has 0 spiro atoms. The second-order valence-electron chi connectivity index (χ2n) is 3.94. The highest BCUT2D eigenvalue weighted by atomic mass is 19.1. The van der Waals surface area contributed by atoms with E-state index in [1.54, 1.807) is 6.92 Å². The van der Waals surface area contributed by atoms with E-state index < -0.39 is 12.0 Å². The van der Waals surface area contributed by atoms with Crippen LogP contribution >= 0.6 is 0 Å². The van der Waals surface area contributed by atoms with Crippen molar-refractivity contribution in [1.29, 1.82) is 0 Å². The Morgan fingerprint density at radius 1 is 1.47 bits per heavy atom. The molecule has 19 heavy (non-hydrogen) atoms. The second kappa shape index (κ2) is 5.53. The molecule has 2 aromatic rings. The fourth-order valence-electron chi connectivity index (χ4n) is 1.31. The smallest absolute Gasteiger partial charge is 0.293 e. The summed E-state index contributed by atoms with van der Waals surface area (Å²) in [6.45, 7) is 1.65. The number of carbonyl (C=O) groups excluding carboxylic acids is 1. The van der Waals surface area contributed by atoms with Crippen LogP contribution in [0.15, 0.2) is 24.3 Å². The third-order valence-corrected chi connectivity index (χ3v) is 2.23. The van der Waals surface area contributed by atoms with Gasteiger partial charge in [0.25, 0.3) is 11.7 Å². The average molecular weight is 265 g/mol. The molecule has 1 atom stereocenters. The van der Waals surface area contributed by atoms with E-state index in [2.05, 4.69) is 20.7 Å². The van der Waals surface area contributed by atoms with Crippen LogP contribution < -0.4 is 5.32 Å². The third kappa shape index (κ3) is 3.32. The number of halogens is 1. The molecule has 0 aliphatic heterocycles. The Kier molecular flexibility index (Phi) is 3.81. The number of benzene rings is 1.